The van der Waals surface area contributed by atoms with Crippen LogP contribution in [0.15, 0.2) is 54.2 Å². The monoisotopic (exact) mass is 397 g/mol. The van der Waals surface area contributed by atoms with E-state index in [-0.39, 0.29) is 17.2 Å². The van der Waals surface area contributed by atoms with Crippen LogP contribution in [0.2, 0.25) is 0 Å². The minimum atomic E-state index is -1.15. The third-order valence-corrected chi connectivity index (χ3v) is 5.29. The largest absolute Gasteiger partial charge is 0.326 e. The van der Waals surface area contributed by atoms with Crippen molar-refractivity contribution in [2.24, 2.45) is 0 Å². The highest BCUT2D eigenvalue weighted by Crippen LogP contribution is 2.33. The molecule has 1 aliphatic rings. The lowest BCUT2D eigenvalue weighted by atomic mass is 9.87. The van der Waals surface area contributed by atoms with E-state index in [1.54, 1.807) is 6.92 Å². The molecule has 150 valence electrons. The lowest BCUT2D eigenvalue weighted by Crippen LogP contribution is -2.64. The van der Waals surface area contributed by atoms with Crippen LogP contribution in [0.1, 0.15) is 18.1 Å². The van der Waals surface area contributed by atoms with Gasteiger partial charge in [-0.25, -0.2) is 4.39 Å². The van der Waals surface area contributed by atoms with Gasteiger partial charge >= 0.3 is 0 Å². The van der Waals surface area contributed by atoms with E-state index in [1.165, 1.54) is 25.1 Å². The minimum Gasteiger partial charge on any atom is -0.326 e. The summed E-state index contributed by atoms with van der Waals surface area (Å²) in [5.74, 6) is -1.74. The van der Waals surface area contributed by atoms with Gasteiger partial charge in [-0.15, -0.1) is 0 Å². The second-order valence-electron chi connectivity index (χ2n) is 7.12. The molecule has 1 unspecified atom stereocenters. The highest BCUT2D eigenvalue weighted by atomic mass is 19.1. The van der Waals surface area contributed by atoms with Crippen molar-refractivity contribution in [2.75, 3.05) is 14.1 Å². The number of hydrogen-bond acceptors (Lipinski definition) is 4. The number of carbonyl (C=O) groups excluding carboxylic acids is 2. The predicted octanol–water partition coefficient (Wildman–Crippen LogP) is 3.01. The first-order valence-corrected chi connectivity index (χ1v) is 8.91. The van der Waals surface area contributed by atoms with Gasteiger partial charge in [0.25, 0.3) is 17.5 Å². The number of nitrogens with zero attached hydrogens (tertiary/aromatic N) is 3. The quantitative estimate of drug-likeness (QED) is 0.451. The molecule has 2 aromatic carbocycles. The summed E-state index contributed by atoms with van der Waals surface area (Å²) in [5.41, 5.74) is -1.22. The predicted molar refractivity (Wildman–Crippen MR) is 105 cm³/mol. The summed E-state index contributed by atoms with van der Waals surface area (Å²) >= 11 is 0. The van der Waals surface area contributed by atoms with E-state index < -0.39 is 27.9 Å². The van der Waals surface area contributed by atoms with Crippen molar-refractivity contribution in [3.8, 4) is 0 Å². The number of amides is 2. The Morgan fingerprint density at radius 1 is 1.10 bits per heavy atom. The number of rotatable bonds is 4. The lowest BCUT2D eigenvalue weighted by Gasteiger charge is -2.45. The van der Waals surface area contributed by atoms with Gasteiger partial charge in [0.1, 0.15) is 17.1 Å². The molecule has 1 saturated heterocycles. The maximum Gasteiger partial charge on any atom is 0.279 e. The summed E-state index contributed by atoms with van der Waals surface area (Å²) in [4.78, 5) is 39.2. The maximum atomic E-state index is 14.3. The smallest absolute Gasteiger partial charge is 0.279 e. The Bertz CT molecular complexity index is 1020. The van der Waals surface area contributed by atoms with E-state index in [9.17, 15) is 24.1 Å². The van der Waals surface area contributed by atoms with E-state index in [2.05, 4.69) is 0 Å². The molecule has 1 atom stereocenters. The molecule has 0 spiro atoms. The van der Waals surface area contributed by atoms with Crippen LogP contribution < -0.4 is 0 Å². The summed E-state index contributed by atoms with van der Waals surface area (Å²) in [7, 11) is 2.91. The first kappa shape index (κ1) is 20.2. The van der Waals surface area contributed by atoms with Crippen LogP contribution in [0.5, 0.6) is 0 Å². The van der Waals surface area contributed by atoms with E-state index in [0.717, 1.165) is 28.7 Å². The summed E-state index contributed by atoms with van der Waals surface area (Å²) in [5, 5.41) is 11.2. The molecular formula is C21H20FN3O4. The van der Waals surface area contributed by atoms with E-state index >= 15 is 0 Å². The Morgan fingerprint density at radius 3 is 2.38 bits per heavy atom. The molecule has 0 aliphatic carbocycles. The van der Waals surface area contributed by atoms with Crippen LogP contribution in [0.4, 0.5) is 10.1 Å². The summed E-state index contributed by atoms with van der Waals surface area (Å²) in [6, 6.07) is 12.7. The highest BCUT2D eigenvalue weighted by molar-refractivity contribution is 6.09. The molecule has 1 heterocycles. The molecule has 8 heteroatoms. The Balaban J connectivity index is 2.04. The second kappa shape index (κ2) is 7.46. The number of piperazine rings is 1. The van der Waals surface area contributed by atoms with Crippen LogP contribution in [0.3, 0.4) is 0 Å². The molecule has 2 aromatic rings. The first-order chi connectivity index (χ1) is 13.7. The van der Waals surface area contributed by atoms with Crippen molar-refractivity contribution in [1.82, 2.24) is 9.80 Å². The number of halogens is 1. The Labute approximate surface area is 167 Å². The summed E-state index contributed by atoms with van der Waals surface area (Å²) < 4.78 is 14.3. The zero-order valence-corrected chi connectivity index (χ0v) is 16.3. The summed E-state index contributed by atoms with van der Waals surface area (Å²) in [6.45, 7) is 1.67. The first-order valence-electron chi connectivity index (χ1n) is 8.91. The van der Waals surface area contributed by atoms with E-state index in [1.807, 2.05) is 30.3 Å². The topological polar surface area (TPSA) is 83.8 Å². The normalized spacial score (nSPS) is 21.0. The zero-order chi connectivity index (χ0) is 21.3. The average Bonchev–Trinajstić information content (AvgIpc) is 2.70. The van der Waals surface area contributed by atoms with E-state index in [4.69, 9.17) is 0 Å². The fraction of sp³-hybridized carbons (Fsp3) is 0.238. The second-order valence-corrected chi connectivity index (χ2v) is 7.12. The Hall–Kier alpha value is -3.55. The highest BCUT2D eigenvalue weighted by Gasteiger charge is 2.48. The van der Waals surface area contributed by atoms with Crippen LogP contribution in [0, 0.1) is 15.9 Å². The van der Waals surface area contributed by atoms with Gasteiger partial charge in [-0.1, -0.05) is 36.4 Å². The number of hydrogen-bond donors (Lipinski definition) is 0. The average molecular weight is 397 g/mol. The lowest BCUT2D eigenvalue weighted by molar-refractivity contribution is -0.385. The van der Waals surface area contributed by atoms with Gasteiger partial charge in [0.15, 0.2) is 0 Å². The van der Waals surface area contributed by atoms with E-state index in [0.29, 0.717) is 6.42 Å². The fourth-order valence-electron chi connectivity index (χ4n) is 3.46. The summed E-state index contributed by atoms with van der Waals surface area (Å²) in [6.07, 6.45) is 1.36. The van der Waals surface area contributed by atoms with Crippen molar-refractivity contribution < 1.29 is 18.9 Å². The van der Waals surface area contributed by atoms with Crippen LogP contribution in [0.25, 0.3) is 6.08 Å². The SMILES string of the molecule is CN1C(=O)C(C)(Cc2ccccc2)N(C)C(=O)/C1=C\c1c(F)cccc1[N+](=O)[O-]. The number of nitro groups is 1. The minimum absolute atomic E-state index is 0.128. The number of likely N-dealkylation sites (N-methyl/N-ethyl adjacent to an activating group) is 2. The Morgan fingerprint density at radius 2 is 1.76 bits per heavy atom. The van der Waals surface area contributed by atoms with Gasteiger partial charge in [-0.2, -0.15) is 0 Å². The van der Waals surface area contributed by atoms with Crippen molar-refractivity contribution >= 4 is 23.6 Å². The Kier molecular flexibility index (Phi) is 5.19. The fourth-order valence-corrected chi connectivity index (χ4v) is 3.46. The standard InChI is InChI=1S/C21H20FN3O4/c1-21(13-14-8-5-4-6-9-14)20(27)23(2)18(19(26)24(21)3)12-15-16(22)10-7-11-17(15)25(28)29/h4-12H,13H2,1-3H3/b18-12+. The molecule has 0 bridgehead atoms. The molecule has 0 N–H and O–H groups in total. The molecule has 3 rings (SSSR count). The van der Waals surface area contributed by atoms with Gasteiger partial charge in [0, 0.05) is 26.6 Å². The molecular weight excluding hydrogens is 377 g/mol. The number of nitro benzene ring substituents is 1. The van der Waals surface area contributed by atoms with Gasteiger partial charge in [-0.3, -0.25) is 19.7 Å². The molecule has 1 fully saturated rings. The molecule has 7 nitrogen and oxygen atoms in total. The van der Waals surface area contributed by atoms with Gasteiger partial charge in [0.2, 0.25) is 0 Å². The number of carbonyl (C=O) groups is 2. The van der Waals surface area contributed by atoms with Crippen molar-refractivity contribution in [3.05, 3.63) is 81.3 Å². The van der Waals surface area contributed by atoms with Crippen LogP contribution in [-0.2, 0) is 16.0 Å². The molecule has 0 saturated carbocycles. The van der Waals surface area contributed by atoms with Gasteiger partial charge in [-0.05, 0) is 24.6 Å². The van der Waals surface area contributed by atoms with Crippen molar-refractivity contribution in [3.63, 3.8) is 0 Å². The third kappa shape index (κ3) is 3.49. The van der Waals surface area contributed by atoms with Crippen molar-refractivity contribution in [1.29, 1.82) is 0 Å². The number of benzene rings is 2. The molecule has 29 heavy (non-hydrogen) atoms. The molecule has 2 amide bonds. The maximum absolute atomic E-state index is 14.3. The van der Waals surface area contributed by atoms with Gasteiger partial charge in [0.05, 0.1) is 10.5 Å². The van der Waals surface area contributed by atoms with Crippen molar-refractivity contribution in [2.45, 2.75) is 18.9 Å². The van der Waals surface area contributed by atoms with Crippen LogP contribution in [-0.4, -0.2) is 46.2 Å². The van der Waals surface area contributed by atoms with Crippen LogP contribution >= 0.6 is 0 Å². The molecule has 1 aliphatic heterocycles. The zero-order valence-electron chi connectivity index (χ0n) is 16.3. The van der Waals surface area contributed by atoms with Gasteiger partial charge < -0.3 is 9.80 Å². The third-order valence-electron chi connectivity index (χ3n) is 5.29. The molecule has 0 aromatic heterocycles. The molecule has 0 radical (unpaired) electrons.